The first-order valence-corrected chi connectivity index (χ1v) is 5.98. The van der Waals surface area contributed by atoms with Crippen molar-refractivity contribution < 1.29 is 18.3 Å². The minimum absolute atomic E-state index is 0.0287. The fourth-order valence-corrected chi connectivity index (χ4v) is 2.23. The van der Waals surface area contributed by atoms with Crippen LogP contribution in [0.4, 0.5) is 13.2 Å². The number of aromatic nitrogens is 2. The molecule has 17 heavy (non-hydrogen) atoms. The second-order valence-corrected chi connectivity index (χ2v) is 5.14. The Morgan fingerprint density at radius 2 is 2.12 bits per heavy atom. The van der Waals surface area contributed by atoms with Gasteiger partial charge in [-0.25, -0.2) is 9.97 Å². The maximum Gasteiger partial charge on any atom is 0.451 e. The predicted octanol–water partition coefficient (Wildman–Crippen LogP) is 3.01. The van der Waals surface area contributed by atoms with Gasteiger partial charge in [0.1, 0.15) is 10.2 Å². The van der Waals surface area contributed by atoms with E-state index in [1.165, 1.54) is 6.07 Å². The Bertz CT molecular complexity index is 389. The van der Waals surface area contributed by atoms with Gasteiger partial charge < -0.3 is 5.11 Å². The van der Waals surface area contributed by atoms with E-state index in [0.717, 1.165) is 11.8 Å². The number of alkyl halides is 3. The summed E-state index contributed by atoms with van der Waals surface area (Å²) in [5.74, 6) is -1.25. The lowest BCUT2D eigenvalue weighted by molar-refractivity contribution is -0.145. The van der Waals surface area contributed by atoms with Crippen LogP contribution >= 0.6 is 23.4 Å². The standard InChI is InChI=1S/C9H10ClF3N2OS/c1-5(2-3-16)17-7-4-6(10)14-8(15-7)9(11,12)13/h4-5,16H,2-3H2,1H3. The molecule has 1 N–H and O–H groups in total. The normalized spacial score (nSPS) is 13.8. The third kappa shape index (κ3) is 4.69. The quantitative estimate of drug-likeness (QED) is 0.683. The molecule has 0 aliphatic heterocycles. The van der Waals surface area contributed by atoms with Gasteiger partial charge in [0.05, 0.1) is 0 Å². The molecule has 0 bridgehead atoms. The first-order chi connectivity index (χ1) is 7.82. The van der Waals surface area contributed by atoms with Crippen LogP contribution in [0.15, 0.2) is 11.1 Å². The predicted molar refractivity (Wildman–Crippen MR) is 59.1 cm³/mol. The maximum atomic E-state index is 12.4. The molecule has 0 aliphatic carbocycles. The van der Waals surface area contributed by atoms with Gasteiger partial charge in [0.15, 0.2) is 0 Å². The minimum atomic E-state index is -4.61. The molecule has 8 heteroatoms. The van der Waals surface area contributed by atoms with Gasteiger partial charge in [0.2, 0.25) is 5.82 Å². The Hall–Kier alpha value is -0.530. The van der Waals surface area contributed by atoms with Crippen LogP contribution in [0, 0.1) is 0 Å². The van der Waals surface area contributed by atoms with E-state index in [1.54, 1.807) is 6.92 Å². The fraction of sp³-hybridized carbons (Fsp3) is 0.556. The molecular weight excluding hydrogens is 277 g/mol. The molecule has 0 saturated heterocycles. The Kier molecular flexibility index (Phi) is 5.03. The summed E-state index contributed by atoms with van der Waals surface area (Å²) < 4.78 is 37.2. The van der Waals surface area contributed by atoms with Gasteiger partial charge in [-0.05, 0) is 6.42 Å². The average molecular weight is 287 g/mol. The zero-order valence-electron chi connectivity index (χ0n) is 8.83. The molecule has 0 aromatic carbocycles. The highest BCUT2D eigenvalue weighted by atomic mass is 35.5. The van der Waals surface area contributed by atoms with Gasteiger partial charge in [-0.2, -0.15) is 13.2 Å². The largest absolute Gasteiger partial charge is 0.451 e. The van der Waals surface area contributed by atoms with Gasteiger partial charge in [-0.3, -0.25) is 0 Å². The van der Waals surface area contributed by atoms with Crippen LogP contribution in [0.2, 0.25) is 5.15 Å². The number of rotatable bonds is 4. The molecule has 1 atom stereocenters. The van der Waals surface area contributed by atoms with E-state index < -0.39 is 12.0 Å². The monoisotopic (exact) mass is 286 g/mol. The minimum Gasteiger partial charge on any atom is -0.396 e. The molecule has 1 unspecified atom stereocenters. The number of thioether (sulfide) groups is 1. The number of nitrogens with zero attached hydrogens (tertiary/aromatic N) is 2. The number of aliphatic hydroxyl groups excluding tert-OH is 1. The number of aliphatic hydroxyl groups is 1. The zero-order valence-corrected chi connectivity index (χ0v) is 10.4. The van der Waals surface area contributed by atoms with E-state index in [0.29, 0.717) is 6.42 Å². The summed E-state index contributed by atoms with van der Waals surface area (Å²) in [4.78, 5) is 6.51. The van der Waals surface area contributed by atoms with Gasteiger partial charge in [0, 0.05) is 17.9 Å². The molecule has 0 radical (unpaired) electrons. The highest BCUT2D eigenvalue weighted by Crippen LogP contribution is 2.31. The summed E-state index contributed by atoms with van der Waals surface area (Å²) in [6.45, 7) is 1.75. The molecule has 0 spiro atoms. The summed E-state index contributed by atoms with van der Waals surface area (Å²) in [6.07, 6.45) is -4.14. The zero-order chi connectivity index (χ0) is 13.1. The second-order valence-electron chi connectivity index (χ2n) is 3.29. The lowest BCUT2D eigenvalue weighted by Crippen LogP contribution is -2.12. The van der Waals surface area contributed by atoms with E-state index in [2.05, 4.69) is 9.97 Å². The Morgan fingerprint density at radius 3 is 2.65 bits per heavy atom. The molecule has 1 heterocycles. The third-order valence-electron chi connectivity index (χ3n) is 1.78. The molecule has 0 fully saturated rings. The first kappa shape index (κ1) is 14.5. The van der Waals surface area contributed by atoms with Crippen molar-refractivity contribution in [2.45, 2.75) is 29.8 Å². The van der Waals surface area contributed by atoms with E-state index in [1.807, 2.05) is 0 Å². The van der Waals surface area contributed by atoms with Crippen LogP contribution in [0.1, 0.15) is 19.2 Å². The van der Waals surface area contributed by atoms with Crippen LogP contribution < -0.4 is 0 Å². The van der Waals surface area contributed by atoms with Crippen molar-refractivity contribution in [2.75, 3.05) is 6.61 Å². The van der Waals surface area contributed by atoms with Crippen LogP contribution in [-0.4, -0.2) is 26.9 Å². The van der Waals surface area contributed by atoms with Crippen molar-refractivity contribution in [3.63, 3.8) is 0 Å². The molecule has 1 aromatic rings. The van der Waals surface area contributed by atoms with Crippen LogP contribution in [0.25, 0.3) is 0 Å². The van der Waals surface area contributed by atoms with Crippen molar-refractivity contribution in [3.05, 3.63) is 17.0 Å². The fourth-order valence-electron chi connectivity index (χ4n) is 1.03. The smallest absolute Gasteiger partial charge is 0.396 e. The molecule has 1 rings (SSSR count). The highest BCUT2D eigenvalue weighted by molar-refractivity contribution is 7.99. The summed E-state index contributed by atoms with van der Waals surface area (Å²) >= 11 is 6.62. The summed E-state index contributed by atoms with van der Waals surface area (Å²) in [5, 5.41) is 8.56. The highest BCUT2D eigenvalue weighted by Gasteiger charge is 2.35. The summed E-state index contributed by atoms with van der Waals surface area (Å²) in [7, 11) is 0. The van der Waals surface area contributed by atoms with E-state index in [-0.39, 0.29) is 22.0 Å². The Morgan fingerprint density at radius 1 is 1.47 bits per heavy atom. The molecule has 0 aliphatic rings. The van der Waals surface area contributed by atoms with Crippen molar-refractivity contribution in [1.29, 1.82) is 0 Å². The second kappa shape index (κ2) is 5.88. The van der Waals surface area contributed by atoms with Crippen LogP contribution in [-0.2, 0) is 6.18 Å². The van der Waals surface area contributed by atoms with Gasteiger partial charge in [-0.15, -0.1) is 11.8 Å². The third-order valence-corrected chi connectivity index (χ3v) is 3.06. The van der Waals surface area contributed by atoms with Gasteiger partial charge in [0.25, 0.3) is 0 Å². The summed E-state index contributed by atoms with van der Waals surface area (Å²) in [5.41, 5.74) is 0. The molecule has 1 aromatic heterocycles. The molecule has 96 valence electrons. The van der Waals surface area contributed by atoms with Crippen molar-refractivity contribution >= 4 is 23.4 Å². The number of hydrogen-bond acceptors (Lipinski definition) is 4. The molecule has 0 amide bonds. The van der Waals surface area contributed by atoms with E-state index >= 15 is 0 Å². The van der Waals surface area contributed by atoms with Crippen LogP contribution in [0.3, 0.4) is 0 Å². The van der Waals surface area contributed by atoms with Crippen molar-refractivity contribution in [1.82, 2.24) is 9.97 Å². The van der Waals surface area contributed by atoms with E-state index in [9.17, 15) is 13.2 Å². The van der Waals surface area contributed by atoms with E-state index in [4.69, 9.17) is 16.7 Å². The molecular formula is C9H10ClF3N2OS. The summed E-state index contributed by atoms with van der Waals surface area (Å²) in [6, 6.07) is 1.27. The molecule has 3 nitrogen and oxygen atoms in total. The van der Waals surface area contributed by atoms with Crippen LogP contribution in [0.5, 0.6) is 0 Å². The Balaban J connectivity index is 2.90. The molecule has 0 saturated carbocycles. The SMILES string of the molecule is CC(CCO)Sc1cc(Cl)nc(C(F)(F)F)n1. The number of halogens is 4. The van der Waals surface area contributed by atoms with Crippen molar-refractivity contribution in [3.8, 4) is 0 Å². The van der Waals surface area contributed by atoms with Gasteiger partial charge in [-0.1, -0.05) is 18.5 Å². The average Bonchev–Trinajstić information content (AvgIpc) is 2.15. The lowest BCUT2D eigenvalue weighted by atomic mass is 10.3. The first-order valence-electron chi connectivity index (χ1n) is 4.72. The maximum absolute atomic E-state index is 12.4. The topological polar surface area (TPSA) is 46.0 Å². The van der Waals surface area contributed by atoms with Gasteiger partial charge >= 0.3 is 6.18 Å². The lowest BCUT2D eigenvalue weighted by Gasteiger charge is -2.11. The Labute approximate surface area is 105 Å². The van der Waals surface area contributed by atoms with Crippen molar-refractivity contribution in [2.24, 2.45) is 0 Å². The number of hydrogen-bond donors (Lipinski definition) is 1.